The summed E-state index contributed by atoms with van der Waals surface area (Å²) >= 11 is 0. The molecule has 1 nitrogen and oxygen atoms in total. The van der Waals surface area contributed by atoms with Gasteiger partial charge in [-0.05, 0) is 109 Å². The zero-order valence-electron chi connectivity index (χ0n) is 29.5. The van der Waals surface area contributed by atoms with Crippen molar-refractivity contribution in [2.24, 2.45) is 0 Å². The van der Waals surface area contributed by atoms with Crippen LogP contribution in [0.1, 0.15) is 25.0 Å². The highest BCUT2D eigenvalue weighted by molar-refractivity contribution is 5.91. The van der Waals surface area contributed by atoms with Gasteiger partial charge in [0.25, 0.3) is 0 Å². The van der Waals surface area contributed by atoms with Gasteiger partial charge in [0, 0.05) is 22.5 Å². The van der Waals surface area contributed by atoms with E-state index in [1.807, 2.05) is 0 Å². The van der Waals surface area contributed by atoms with Crippen molar-refractivity contribution in [1.82, 2.24) is 0 Å². The van der Waals surface area contributed by atoms with Crippen molar-refractivity contribution in [3.05, 3.63) is 211 Å². The molecule has 0 heterocycles. The summed E-state index contributed by atoms with van der Waals surface area (Å²) in [5, 5.41) is 2.55. The molecule has 1 aliphatic carbocycles. The van der Waals surface area contributed by atoms with Crippen LogP contribution in [0.3, 0.4) is 0 Å². The largest absolute Gasteiger partial charge is 0.313 e. The third-order valence-corrected chi connectivity index (χ3v) is 10.7. The van der Waals surface area contributed by atoms with E-state index in [1.54, 1.807) is 0 Å². The maximum Gasteiger partial charge on any atom is 0.0459 e. The van der Waals surface area contributed by atoms with E-state index >= 15 is 0 Å². The summed E-state index contributed by atoms with van der Waals surface area (Å²) in [5.41, 5.74) is 15.7. The first-order valence-electron chi connectivity index (χ1n) is 18.1. The lowest BCUT2D eigenvalue weighted by molar-refractivity contribution is 0.627. The van der Waals surface area contributed by atoms with Crippen molar-refractivity contribution in [2.75, 3.05) is 4.90 Å². The zero-order valence-corrected chi connectivity index (χ0v) is 29.5. The molecule has 9 rings (SSSR count). The number of benzene rings is 8. The Morgan fingerprint density at radius 1 is 0.346 bits per heavy atom. The summed E-state index contributed by atoms with van der Waals surface area (Å²) in [7, 11) is 0. The van der Waals surface area contributed by atoms with E-state index in [4.69, 9.17) is 0 Å². The summed E-state index contributed by atoms with van der Waals surface area (Å²) in [5.74, 6) is 0. The van der Waals surface area contributed by atoms with Crippen LogP contribution in [0, 0.1) is 0 Å². The molecule has 0 bridgehead atoms. The SMILES string of the molecule is CC1(C)C(N(c2ccc(-c3ccc(-c4ccccc4)cc3)cc2)c2ccc(-c3ccc(-c4ccccc4)cc3)cc2)=Cc2cc3ccccc3cc21. The Kier molecular flexibility index (Phi) is 7.90. The van der Waals surface area contributed by atoms with Crippen molar-refractivity contribution in [1.29, 1.82) is 0 Å². The lowest BCUT2D eigenvalue weighted by atomic mass is 9.82. The molecule has 248 valence electrons. The van der Waals surface area contributed by atoms with E-state index in [-0.39, 0.29) is 5.41 Å². The van der Waals surface area contributed by atoms with Gasteiger partial charge in [-0.25, -0.2) is 0 Å². The molecule has 0 spiro atoms. The van der Waals surface area contributed by atoms with E-state index < -0.39 is 0 Å². The number of anilines is 2. The van der Waals surface area contributed by atoms with E-state index in [0.29, 0.717) is 0 Å². The molecule has 8 aromatic rings. The first kappa shape index (κ1) is 31.5. The van der Waals surface area contributed by atoms with E-state index in [9.17, 15) is 0 Å². The van der Waals surface area contributed by atoms with Crippen molar-refractivity contribution >= 4 is 28.2 Å². The second kappa shape index (κ2) is 13.0. The molecule has 0 saturated carbocycles. The highest BCUT2D eigenvalue weighted by Gasteiger charge is 2.37. The number of hydrogen-bond donors (Lipinski definition) is 0. The van der Waals surface area contributed by atoms with Crippen molar-refractivity contribution in [3.8, 4) is 44.5 Å². The van der Waals surface area contributed by atoms with Crippen LogP contribution < -0.4 is 4.90 Å². The monoisotopic (exact) mass is 665 g/mol. The Morgan fingerprint density at radius 3 is 1.08 bits per heavy atom. The van der Waals surface area contributed by atoms with E-state index in [0.717, 1.165) is 11.4 Å². The average Bonchev–Trinajstić information content (AvgIpc) is 3.46. The molecule has 0 N–H and O–H groups in total. The van der Waals surface area contributed by atoms with Gasteiger partial charge in [0.2, 0.25) is 0 Å². The van der Waals surface area contributed by atoms with E-state index in [1.165, 1.54) is 72.1 Å². The first-order valence-corrected chi connectivity index (χ1v) is 18.1. The highest BCUT2D eigenvalue weighted by Crippen LogP contribution is 2.48. The maximum absolute atomic E-state index is 2.45. The van der Waals surface area contributed by atoms with Crippen molar-refractivity contribution < 1.29 is 0 Å². The number of allylic oxidation sites excluding steroid dienone is 1. The molecule has 52 heavy (non-hydrogen) atoms. The number of hydrogen-bond acceptors (Lipinski definition) is 1. The standard InChI is InChI=1S/C51H39N/c1-51(2)49-34-45-16-10-9-15-44(45)33-46(49)35-50(51)52(47-29-25-42(26-30-47)40-21-17-38(18-22-40)36-11-5-3-6-12-36)48-31-27-43(28-32-48)41-23-19-39(20-24-41)37-13-7-4-8-14-37/h3-35H,1-2H3. The predicted molar refractivity (Wildman–Crippen MR) is 222 cm³/mol. The minimum absolute atomic E-state index is 0.211. The van der Waals surface area contributed by atoms with Gasteiger partial charge in [0.1, 0.15) is 0 Å². The average molecular weight is 666 g/mol. The third kappa shape index (κ3) is 5.81. The van der Waals surface area contributed by atoms with Crippen molar-refractivity contribution in [3.63, 3.8) is 0 Å². The van der Waals surface area contributed by atoms with Crippen LogP contribution in [0.4, 0.5) is 11.4 Å². The predicted octanol–water partition coefficient (Wildman–Crippen LogP) is 14.0. The van der Waals surface area contributed by atoms with Crippen LogP contribution >= 0.6 is 0 Å². The Bertz CT molecular complexity index is 2400. The molecular formula is C51H39N. The molecule has 0 fully saturated rings. The summed E-state index contributed by atoms with van der Waals surface area (Å²) in [6, 6.07) is 70.4. The minimum Gasteiger partial charge on any atom is -0.313 e. The van der Waals surface area contributed by atoms with Crippen LogP contribution in [0.5, 0.6) is 0 Å². The molecule has 8 aromatic carbocycles. The summed E-state index contributed by atoms with van der Waals surface area (Å²) < 4.78 is 0. The Morgan fingerprint density at radius 2 is 0.673 bits per heavy atom. The molecule has 0 saturated heterocycles. The van der Waals surface area contributed by atoms with Gasteiger partial charge in [0.05, 0.1) is 0 Å². The Hall–Kier alpha value is -6.44. The first-order chi connectivity index (χ1) is 25.5. The molecule has 0 atom stereocenters. The van der Waals surface area contributed by atoms with Gasteiger partial charge in [-0.15, -0.1) is 0 Å². The molecule has 0 amide bonds. The summed E-state index contributed by atoms with van der Waals surface area (Å²) in [6.45, 7) is 4.72. The zero-order chi connectivity index (χ0) is 35.1. The van der Waals surface area contributed by atoms with E-state index in [2.05, 4.69) is 219 Å². The molecular weight excluding hydrogens is 627 g/mol. The quantitative estimate of drug-likeness (QED) is 0.164. The Balaban J connectivity index is 1.08. The van der Waals surface area contributed by atoms with Gasteiger partial charge in [0.15, 0.2) is 0 Å². The topological polar surface area (TPSA) is 3.24 Å². The fourth-order valence-electron chi connectivity index (χ4n) is 7.73. The van der Waals surface area contributed by atoms with Gasteiger partial charge in [-0.1, -0.05) is 172 Å². The van der Waals surface area contributed by atoms with Crippen molar-refractivity contribution in [2.45, 2.75) is 19.3 Å². The molecule has 0 aromatic heterocycles. The van der Waals surface area contributed by atoms with Gasteiger partial charge >= 0.3 is 0 Å². The Labute approximate surface area is 306 Å². The third-order valence-electron chi connectivity index (χ3n) is 10.7. The number of rotatable bonds is 7. The summed E-state index contributed by atoms with van der Waals surface area (Å²) in [6.07, 6.45) is 2.40. The van der Waals surface area contributed by atoms with Gasteiger partial charge in [-0.3, -0.25) is 0 Å². The maximum atomic E-state index is 2.45. The number of fused-ring (bicyclic) bond motifs is 2. The van der Waals surface area contributed by atoms with Crippen LogP contribution in [-0.2, 0) is 5.41 Å². The summed E-state index contributed by atoms with van der Waals surface area (Å²) in [4.78, 5) is 2.45. The normalized spacial score (nSPS) is 13.1. The fraction of sp³-hybridized carbons (Fsp3) is 0.0588. The molecule has 0 radical (unpaired) electrons. The molecule has 1 aliphatic rings. The van der Waals surface area contributed by atoms with Crippen LogP contribution in [0.25, 0.3) is 61.4 Å². The second-order valence-corrected chi connectivity index (χ2v) is 14.3. The number of nitrogens with zero attached hydrogens (tertiary/aromatic N) is 1. The van der Waals surface area contributed by atoms with Crippen LogP contribution in [0.2, 0.25) is 0 Å². The van der Waals surface area contributed by atoms with Crippen LogP contribution in [0.15, 0.2) is 200 Å². The smallest absolute Gasteiger partial charge is 0.0459 e. The highest BCUT2D eigenvalue weighted by atomic mass is 15.2. The fourth-order valence-corrected chi connectivity index (χ4v) is 7.73. The van der Waals surface area contributed by atoms with Gasteiger partial charge in [-0.2, -0.15) is 0 Å². The van der Waals surface area contributed by atoms with Gasteiger partial charge < -0.3 is 4.90 Å². The minimum atomic E-state index is -0.211. The second-order valence-electron chi connectivity index (χ2n) is 14.3. The molecule has 1 heteroatoms. The lowest BCUT2D eigenvalue weighted by Crippen LogP contribution is -2.29. The lowest BCUT2D eigenvalue weighted by Gasteiger charge is -2.35. The molecule has 0 unspecified atom stereocenters. The molecule has 0 aliphatic heterocycles. The van der Waals surface area contributed by atoms with Crippen LogP contribution in [-0.4, -0.2) is 0 Å².